The van der Waals surface area contributed by atoms with Gasteiger partial charge in [-0.3, -0.25) is 0 Å². The zero-order valence-electron chi connectivity index (χ0n) is 18.8. The summed E-state index contributed by atoms with van der Waals surface area (Å²) in [4.78, 5) is 4.37. The Balaban J connectivity index is 1.67. The number of nitrogens with zero attached hydrogens (tertiary/aromatic N) is 3. The van der Waals surface area contributed by atoms with E-state index < -0.39 is 21.8 Å². The molecule has 3 heterocycles. The lowest BCUT2D eigenvalue weighted by atomic mass is 9.98. The van der Waals surface area contributed by atoms with E-state index in [-0.39, 0.29) is 10.4 Å². The van der Waals surface area contributed by atoms with Crippen molar-refractivity contribution in [1.29, 1.82) is 0 Å². The molecule has 0 atom stereocenters. The van der Waals surface area contributed by atoms with Crippen LogP contribution in [0.15, 0.2) is 59.6 Å². The molecule has 34 heavy (non-hydrogen) atoms. The van der Waals surface area contributed by atoms with Crippen molar-refractivity contribution < 1.29 is 21.6 Å². The molecule has 0 unspecified atom stereocenters. The van der Waals surface area contributed by atoms with Crippen LogP contribution in [0.4, 0.5) is 18.9 Å². The van der Waals surface area contributed by atoms with Crippen LogP contribution >= 0.6 is 0 Å². The van der Waals surface area contributed by atoms with Crippen molar-refractivity contribution in [2.75, 3.05) is 38.1 Å². The molecule has 0 bridgehead atoms. The lowest BCUT2D eigenvalue weighted by Gasteiger charge is -2.21. The van der Waals surface area contributed by atoms with Gasteiger partial charge in [-0.1, -0.05) is 12.1 Å². The number of halogens is 3. The van der Waals surface area contributed by atoms with E-state index in [4.69, 9.17) is 0 Å². The Bertz CT molecular complexity index is 1370. The molecule has 3 aromatic rings. The van der Waals surface area contributed by atoms with Crippen LogP contribution in [-0.2, 0) is 16.2 Å². The fraction of sp³-hybridized carbons (Fsp3) is 0.360. The number of fused-ring (bicyclic) bond motifs is 1. The Morgan fingerprint density at radius 1 is 0.971 bits per heavy atom. The van der Waals surface area contributed by atoms with Crippen LogP contribution in [0.5, 0.6) is 0 Å². The number of hydrogen-bond donors (Lipinski definition) is 0. The number of hydrogen-bond acceptors (Lipinski definition) is 4. The molecular formula is C25H26F3N3O2S. The van der Waals surface area contributed by atoms with Crippen molar-refractivity contribution in [2.24, 2.45) is 0 Å². The summed E-state index contributed by atoms with van der Waals surface area (Å²) in [7, 11) is -2.06. The zero-order chi connectivity index (χ0) is 24.1. The maximum Gasteiger partial charge on any atom is 0.416 e. The van der Waals surface area contributed by atoms with Crippen molar-refractivity contribution in [3.63, 3.8) is 0 Å². The lowest BCUT2D eigenvalue weighted by molar-refractivity contribution is -0.137. The highest BCUT2D eigenvalue weighted by Gasteiger charge is 2.32. The van der Waals surface area contributed by atoms with Crippen molar-refractivity contribution >= 4 is 32.2 Å². The minimum Gasteiger partial charge on any atom is -0.371 e. The van der Waals surface area contributed by atoms with Gasteiger partial charge in [0.25, 0.3) is 10.0 Å². The highest BCUT2D eigenvalue weighted by Crippen LogP contribution is 2.38. The Hall–Kier alpha value is -2.78. The van der Waals surface area contributed by atoms with Gasteiger partial charge in [-0.05, 0) is 68.3 Å². The Kier molecular flexibility index (Phi) is 5.72. The second-order valence-electron chi connectivity index (χ2n) is 9.01. The molecule has 0 N–H and O–H groups in total. The number of benzene rings is 2. The molecule has 0 spiro atoms. The summed E-state index contributed by atoms with van der Waals surface area (Å²) in [6.45, 7) is 3.17. The lowest BCUT2D eigenvalue weighted by Crippen LogP contribution is -2.23. The molecule has 1 saturated heterocycles. The number of likely N-dealkylation sites (N-methyl/N-ethyl adjacent to an activating group) is 1. The van der Waals surface area contributed by atoms with Gasteiger partial charge in [0.1, 0.15) is 0 Å². The first-order chi connectivity index (χ1) is 16.1. The summed E-state index contributed by atoms with van der Waals surface area (Å²) in [6.07, 6.45) is 1.69. The van der Waals surface area contributed by atoms with E-state index >= 15 is 0 Å². The van der Waals surface area contributed by atoms with Crippen LogP contribution in [-0.4, -0.2) is 50.5 Å². The summed E-state index contributed by atoms with van der Waals surface area (Å²) >= 11 is 0. The number of anilines is 1. The number of aromatic nitrogens is 1. The fourth-order valence-corrected chi connectivity index (χ4v) is 6.19. The monoisotopic (exact) mass is 489 g/mol. The van der Waals surface area contributed by atoms with Crippen LogP contribution < -0.4 is 4.90 Å². The quantitative estimate of drug-likeness (QED) is 0.504. The Morgan fingerprint density at radius 3 is 2.41 bits per heavy atom. The molecule has 1 fully saturated rings. The molecule has 2 aromatic carbocycles. The van der Waals surface area contributed by atoms with Crippen molar-refractivity contribution in [1.82, 2.24) is 8.87 Å². The van der Waals surface area contributed by atoms with Crippen LogP contribution in [0.1, 0.15) is 30.4 Å². The summed E-state index contributed by atoms with van der Waals surface area (Å²) in [5.74, 6) is 0. The topological polar surface area (TPSA) is 45.6 Å². The summed E-state index contributed by atoms with van der Waals surface area (Å²) in [6, 6.07) is 10.1. The van der Waals surface area contributed by atoms with E-state index in [2.05, 4.69) is 9.80 Å². The molecule has 0 aliphatic carbocycles. The number of alkyl halides is 3. The average molecular weight is 490 g/mol. The maximum atomic E-state index is 13.7. The van der Waals surface area contributed by atoms with Crippen LogP contribution in [0, 0.1) is 0 Å². The van der Waals surface area contributed by atoms with Crippen molar-refractivity contribution in [3.8, 4) is 0 Å². The minimum atomic E-state index is -4.52. The van der Waals surface area contributed by atoms with Gasteiger partial charge in [0.2, 0.25) is 0 Å². The predicted octanol–water partition coefficient (Wildman–Crippen LogP) is 5.22. The minimum absolute atomic E-state index is 0.123. The molecule has 2 aliphatic rings. The highest BCUT2D eigenvalue weighted by molar-refractivity contribution is 7.90. The third-order valence-corrected chi connectivity index (χ3v) is 8.37. The second-order valence-corrected chi connectivity index (χ2v) is 10.8. The van der Waals surface area contributed by atoms with Crippen LogP contribution in [0.3, 0.4) is 0 Å². The standard InChI is InChI=1S/C25H26F3N3O2S/c1-29-13-9-18(10-14-29)23-17-31(24-8-7-19(15-22(23)24)25(26,27)28)34(32,33)21-6-4-5-20(16-21)30-11-2-3-12-30/h4-9,15-17H,2-3,10-14H2,1H3. The van der Waals surface area contributed by atoms with E-state index in [0.717, 1.165) is 59.8 Å². The van der Waals surface area contributed by atoms with E-state index in [0.29, 0.717) is 23.9 Å². The van der Waals surface area contributed by atoms with Gasteiger partial charge in [-0.2, -0.15) is 13.2 Å². The van der Waals surface area contributed by atoms with E-state index in [1.807, 2.05) is 19.2 Å². The van der Waals surface area contributed by atoms with E-state index in [9.17, 15) is 21.6 Å². The molecule has 5 nitrogen and oxygen atoms in total. The van der Waals surface area contributed by atoms with E-state index in [1.165, 1.54) is 12.3 Å². The predicted molar refractivity (Wildman–Crippen MR) is 128 cm³/mol. The molecule has 0 amide bonds. The van der Waals surface area contributed by atoms with Gasteiger partial charge in [0.05, 0.1) is 16.0 Å². The number of rotatable bonds is 4. The Labute approximate surface area is 197 Å². The SMILES string of the molecule is CN1CC=C(c2cn(S(=O)(=O)c3cccc(N4CCCC4)c3)c3ccc(C(F)(F)F)cc23)CC1. The molecule has 0 radical (unpaired) electrons. The highest BCUT2D eigenvalue weighted by atomic mass is 32.2. The van der Waals surface area contributed by atoms with Gasteiger partial charge < -0.3 is 9.80 Å². The van der Waals surface area contributed by atoms with Gasteiger partial charge in [-0.25, -0.2) is 12.4 Å². The largest absolute Gasteiger partial charge is 0.416 e. The fourth-order valence-electron chi connectivity index (χ4n) is 4.78. The summed E-state index contributed by atoms with van der Waals surface area (Å²) in [5.41, 5.74) is 1.69. The molecule has 5 rings (SSSR count). The van der Waals surface area contributed by atoms with E-state index in [1.54, 1.807) is 18.2 Å². The van der Waals surface area contributed by atoms with Crippen molar-refractivity contribution in [3.05, 3.63) is 65.9 Å². The summed E-state index contributed by atoms with van der Waals surface area (Å²) < 4.78 is 69.1. The van der Waals surface area contributed by atoms with Gasteiger partial charge in [-0.15, -0.1) is 0 Å². The molecule has 1 aromatic heterocycles. The third kappa shape index (κ3) is 4.11. The third-order valence-electron chi connectivity index (χ3n) is 6.70. The molecule has 9 heteroatoms. The molecule has 180 valence electrons. The van der Waals surface area contributed by atoms with Gasteiger partial charge in [0.15, 0.2) is 0 Å². The summed E-state index contributed by atoms with van der Waals surface area (Å²) in [5, 5.41) is 0.296. The maximum absolute atomic E-state index is 13.7. The van der Waals surface area contributed by atoms with Gasteiger partial charge >= 0.3 is 6.18 Å². The molecular weight excluding hydrogens is 463 g/mol. The normalized spacial score (nSPS) is 18.0. The average Bonchev–Trinajstić information content (AvgIpc) is 3.48. The van der Waals surface area contributed by atoms with Crippen LogP contribution in [0.2, 0.25) is 0 Å². The first-order valence-corrected chi connectivity index (χ1v) is 12.8. The molecule has 2 aliphatic heterocycles. The zero-order valence-corrected chi connectivity index (χ0v) is 19.7. The Morgan fingerprint density at radius 2 is 1.74 bits per heavy atom. The van der Waals surface area contributed by atoms with Gasteiger partial charge in [0, 0.05) is 49.0 Å². The molecule has 0 saturated carbocycles. The van der Waals surface area contributed by atoms with Crippen molar-refractivity contribution in [2.45, 2.75) is 30.3 Å². The smallest absolute Gasteiger partial charge is 0.371 e. The first-order valence-electron chi connectivity index (χ1n) is 11.4. The van der Waals surface area contributed by atoms with Crippen LogP contribution in [0.25, 0.3) is 16.5 Å². The first kappa shape index (κ1) is 23.0. The second kappa shape index (κ2) is 8.46.